The minimum absolute atomic E-state index is 0.0127. The summed E-state index contributed by atoms with van der Waals surface area (Å²) in [6, 6.07) is 11.3. The predicted octanol–water partition coefficient (Wildman–Crippen LogP) is 6.18. The van der Waals surface area contributed by atoms with Gasteiger partial charge < -0.3 is 14.4 Å². The SMILES string of the molecule is CO[C@@H]1/C=C/CCC2(CCC2)C(=O)NS(=O)(=O)c2ccc3c(c2)N(C[C@@H]2CC[C@H]21)C[C@@]1(CCCc2cc(Cl)ccc21)CO3. The highest BCUT2D eigenvalue weighted by Crippen LogP contribution is 2.48. The number of benzene rings is 2. The zero-order valence-corrected chi connectivity index (χ0v) is 26.4. The summed E-state index contributed by atoms with van der Waals surface area (Å²) in [4.78, 5) is 15.9. The van der Waals surface area contributed by atoms with Crippen LogP contribution < -0.4 is 14.4 Å². The maximum atomic E-state index is 13.7. The summed E-state index contributed by atoms with van der Waals surface area (Å²) >= 11 is 6.41. The lowest BCUT2D eigenvalue weighted by atomic mass is 9.65. The number of anilines is 1. The molecule has 0 radical (unpaired) electrons. The van der Waals surface area contributed by atoms with Crippen LogP contribution in [0.5, 0.6) is 5.75 Å². The van der Waals surface area contributed by atoms with E-state index in [1.165, 1.54) is 11.1 Å². The summed E-state index contributed by atoms with van der Waals surface area (Å²) in [5.41, 5.74) is 2.43. The van der Waals surface area contributed by atoms with Gasteiger partial charge >= 0.3 is 0 Å². The van der Waals surface area contributed by atoms with Gasteiger partial charge in [0.15, 0.2) is 0 Å². The van der Waals surface area contributed by atoms with E-state index in [0.29, 0.717) is 50.0 Å². The molecule has 0 aromatic heterocycles. The number of hydrogen-bond acceptors (Lipinski definition) is 6. The first-order chi connectivity index (χ1) is 20.7. The second kappa shape index (κ2) is 11.1. The number of fused-ring (bicyclic) bond motifs is 4. The van der Waals surface area contributed by atoms with Crippen molar-refractivity contribution in [1.29, 1.82) is 0 Å². The maximum absolute atomic E-state index is 13.7. The van der Waals surface area contributed by atoms with E-state index in [1.54, 1.807) is 25.3 Å². The molecule has 2 fully saturated rings. The van der Waals surface area contributed by atoms with Crippen LogP contribution in [0.1, 0.15) is 68.9 Å². The molecule has 1 amide bonds. The molecule has 0 unspecified atom stereocenters. The smallest absolute Gasteiger partial charge is 0.264 e. The molecule has 9 heteroatoms. The highest BCUT2D eigenvalue weighted by atomic mass is 35.5. The summed E-state index contributed by atoms with van der Waals surface area (Å²) in [5, 5.41) is 0.746. The molecule has 7 rings (SSSR count). The Labute approximate surface area is 260 Å². The van der Waals surface area contributed by atoms with E-state index in [0.717, 1.165) is 62.2 Å². The Morgan fingerprint density at radius 1 is 1.05 bits per heavy atom. The van der Waals surface area contributed by atoms with E-state index in [2.05, 4.69) is 33.9 Å². The molecule has 7 nitrogen and oxygen atoms in total. The third-order valence-corrected chi connectivity index (χ3v) is 12.6. The first-order valence-electron chi connectivity index (χ1n) is 15.8. The normalized spacial score (nSPS) is 31.8. The van der Waals surface area contributed by atoms with Crippen LogP contribution >= 0.6 is 11.6 Å². The first kappa shape index (κ1) is 29.2. The van der Waals surface area contributed by atoms with Gasteiger partial charge in [-0.05, 0) is 111 Å². The molecule has 5 aliphatic rings. The first-order valence-corrected chi connectivity index (χ1v) is 17.7. The Morgan fingerprint density at radius 2 is 1.88 bits per heavy atom. The van der Waals surface area contributed by atoms with Crippen LogP contribution in [0.25, 0.3) is 0 Å². The minimum atomic E-state index is -4.06. The van der Waals surface area contributed by atoms with Gasteiger partial charge in [-0.3, -0.25) is 4.79 Å². The highest BCUT2D eigenvalue weighted by Gasteiger charge is 2.46. The van der Waals surface area contributed by atoms with Crippen molar-refractivity contribution in [2.75, 3.05) is 31.7 Å². The summed E-state index contributed by atoms with van der Waals surface area (Å²) in [6.07, 6.45) is 13.2. The zero-order chi connectivity index (χ0) is 29.8. The Kier molecular flexibility index (Phi) is 7.54. The number of rotatable bonds is 1. The average molecular weight is 625 g/mol. The van der Waals surface area contributed by atoms with E-state index in [1.807, 2.05) is 6.07 Å². The average Bonchev–Trinajstić information content (AvgIpc) is 3.09. The summed E-state index contributed by atoms with van der Waals surface area (Å²) < 4.78 is 42.4. The number of allylic oxidation sites excluding steroid dienone is 1. The van der Waals surface area contributed by atoms with Crippen molar-refractivity contribution in [3.8, 4) is 5.75 Å². The molecular weight excluding hydrogens is 584 g/mol. The topological polar surface area (TPSA) is 84.9 Å². The van der Waals surface area contributed by atoms with Gasteiger partial charge in [0.2, 0.25) is 5.91 Å². The molecule has 3 aliphatic carbocycles. The number of hydrogen-bond donors (Lipinski definition) is 1. The number of ether oxygens (including phenoxy) is 2. The molecule has 2 saturated carbocycles. The van der Waals surface area contributed by atoms with Crippen molar-refractivity contribution in [2.24, 2.45) is 17.3 Å². The van der Waals surface area contributed by atoms with E-state index in [9.17, 15) is 13.2 Å². The second-order valence-corrected chi connectivity index (χ2v) is 15.6. The van der Waals surface area contributed by atoms with Crippen molar-refractivity contribution in [3.63, 3.8) is 0 Å². The summed E-state index contributed by atoms with van der Waals surface area (Å²) in [7, 11) is -2.28. The Bertz CT molecular complexity index is 1550. The lowest BCUT2D eigenvalue weighted by Gasteiger charge is -2.46. The molecule has 2 aliphatic heterocycles. The number of carbonyl (C=O) groups is 1. The molecule has 1 N–H and O–H groups in total. The van der Waals surface area contributed by atoms with Gasteiger partial charge in [-0.1, -0.05) is 36.2 Å². The van der Waals surface area contributed by atoms with Crippen molar-refractivity contribution >= 4 is 33.2 Å². The molecule has 2 bridgehead atoms. The van der Waals surface area contributed by atoms with Crippen LogP contribution in [0.2, 0.25) is 5.02 Å². The molecule has 43 heavy (non-hydrogen) atoms. The monoisotopic (exact) mass is 624 g/mol. The number of nitrogens with zero attached hydrogens (tertiary/aromatic N) is 1. The molecule has 2 spiro atoms. The van der Waals surface area contributed by atoms with Crippen LogP contribution in [-0.2, 0) is 31.4 Å². The molecule has 4 atom stereocenters. The van der Waals surface area contributed by atoms with Crippen LogP contribution in [0.15, 0.2) is 53.4 Å². The van der Waals surface area contributed by atoms with Gasteiger partial charge in [-0.2, -0.15) is 0 Å². The number of amides is 1. The molecule has 2 aromatic carbocycles. The van der Waals surface area contributed by atoms with E-state index in [-0.39, 0.29) is 22.3 Å². The van der Waals surface area contributed by atoms with E-state index < -0.39 is 15.4 Å². The molecule has 0 saturated heterocycles. The molecule has 2 aromatic rings. The van der Waals surface area contributed by atoms with Crippen molar-refractivity contribution < 1.29 is 22.7 Å². The van der Waals surface area contributed by atoms with Crippen molar-refractivity contribution in [1.82, 2.24) is 4.72 Å². The fraction of sp³-hybridized carbons (Fsp3) is 0.559. The Morgan fingerprint density at radius 3 is 2.63 bits per heavy atom. The Balaban J connectivity index is 1.31. The third kappa shape index (κ3) is 5.17. The number of halogens is 1. The Hall–Kier alpha value is -2.55. The molecule has 2 heterocycles. The quantitative estimate of drug-likeness (QED) is 0.382. The largest absolute Gasteiger partial charge is 0.490 e. The highest BCUT2D eigenvalue weighted by molar-refractivity contribution is 7.90. The fourth-order valence-electron chi connectivity index (χ4n) is 8.27. The van der Waals surface area contributed by atoms with Gasteiger partial charge in [-0.15, -0.1) is 0 Å². The van der Waals surface area contributed by atoms with Gasteiger partial charge in [-0.25, -0.2) is 13.1 Å². The van der Waals surface area contributed by atoms with Gasteiger partial charge in [0.1, 0.15) is 5.75 Å². The zero-order valence-electron chi connectivity index (χ0n) is 24.8. The van der Waals surface area contributed by atoms with Crippen LogP contribution in [0.4, 0.5) is 5.69 Å². The lowest BCUT2D eigenvalue weighted by Crippen LogP contribution is -2.49. The fourth-order valence-corrected chi connectivity index (χ4v) is 9.55. The third-order valence-electron chi connectivity index (χ3n) is 11.1. The number of methoxy groups -OCH3 is 1. The van der Waals surface area contributed by atoms with Gasteiger partial charge in [0, 0.05) is 30.6 Å². The second-order valence-electron chi connectivity index (χ2n) is 13.5. The number of carbonyl (C=O) groups excluding carboxylic acids is 1. The van der Waals surface area contributed by atoms with Crippen LogP contribution in [0.3, 0.4) is 0 Å². The summed E-state index contributed by atoms with van der Waals surface area (Å²) in [6.45, 7) is 2.00. The molecular formula is C34H41ClN2O5S. The van der Waals surface area contributed by atoms with Crippen molar-refractivity contribution in [2.45, 2.75) is 80.6 Å². The van der Waals surface area contributed by atoms with E-state index in [4.69, 9.17) is 21.1 Å². The minimum Gasteiger partial charge on any atom is -0.490 e. The van der Waals surface area contributed by atoms with Crippen LogP contribution in [-0.4, -0.2) is 47.2 Å². The standard InChI is InChI=1S/C34H41ClN2O5S/c1-41-30-7-2-3-14-33(16-5-17-33)32(38)36-43(39,40)26-10-13-31-29(19-26)37(20-24-8-11-27(24)30)21-34(22-42-31)15-4-6-23-18-25(35)9-12-28(23)34/h2,7,9-10,12-13,18-19,24,27,30H,3-6,8,11,14-17,20-22H2,1H3,(H,36,38)/b7-2+/t24-,27+,30+,34-/m0/s1. The van der Waals surface area contributed by atoms with Crippen molar-refractivity contribution in [3.05, 3.63) is 64.7 Å². The number of nitrogens with one attached hydrogen (secondary N) is 1. The predicted molar refractivity (Wildman–Crippen MR) is 167 cm³/mol. The summed E-state index contributed by atoms with van der Waals surface area (Å²) in [5.74, 6) is 1.07. The lowest BCUT2D eigenvalue weighted by molar-refractivity contribution is -0.134. The van der Waals surface area contributed by atoms with Crippen LogP contribution in [0, 0.1) is 17.3 Å². The van der Waals surface area contributed by atoms with Gasteiger partial charge in [0.05, 0.1) is 28.7 Å². The van der Waals surface area contributed by atoms with Gasteiger partial charge in [0.25, 0.3) is 10.0 Å². The van der Waals surface area contributed by atoms with E-state index >= 15 is 0 Å². The number of sulfonamides is 1. The number of aryl methyl sites for hydroxylation is 1. The molecule has 230 valence electrons. The maximum Gasteiger partial charge on any atom is 0.264 e.